The number of carbonyl (C=O) groups excluding carboxylic acids is 1. The molecule has 9 heteroatoms. The maximum atomic E-state index is 13.1. The predicted molar refractivity (Wildman–Crippen MR) is 92.4 cm³/mol. The van der Waals surface area contributed by atoms with E-state index in [1.165, 1.54) is 12.1 Å². The molecule has 3 aromatic rings. The highest BCUT2D eigenvalue weighted by molar-refractivity contribution is 5.99. The van der Waals surface area contributed by atoms with Crippen LogP contribution >= 0.6 is 0 Å². The van der Waals surface area contributed by atoms with Crippen LogP contribution in [-0.2, 0) is 13.1 Å². The number of alkyl halides is 2. The number of aromatic nitrogens is 2. The summed E-state index contributed by atoms with van der Waals surface area (Å²) in [5.41, 5.74) is 2.50. The van der Waals surface area contributed by atoms with Crippen LogP contribution in [0, 0.1) is 5.82 Å². The van der Waals surface area contributed by atoms with E-state index in [0.717, 1.165) is 11.1 Å². The van der Waals surface area contributed by atoms with Crippen molar-refractivity contribution in [2.45, 2.75) is 19.5 Å². The van der Waals surface area contributed by atoms with E-state index in [-0.39, 0.29) is 17.6 Å². The highest BCUT2D eigenvalue weighted by Crippen LogP contribution is 2.30. The van der Waals surface area contributed by atoms with Crippen LogP contribution in [0.15, 0.2) is 46.9 Å². The molecular formula is C19H15F3N4O2. The molecule has 28 heavy (non-hydrogen) atoms. The van der Waals surface area contributed by atoms with E-state index < -0.39 is 12.3 Å². The number of halogens is 3. The number of amides is 1. The number of hydrogen-bond acceptors (Lipinski definition) is 5. The molecule has 0 saturated heterocycles. The zero-order valence-electron chi connectivity index (χ0n) is 14.8. The second kappa shape index (κ2) is 7.08. The summed E-state index contributed by atoms with van der Waals surface area (Å²) in [6, 6.07) is 11.0. The van der Waals surface area contributed by atoms with Crippen molar-refractivity contribution in [2.75, 3.05) is 7.05 Å². The summed E-state index contributed by atoms with van der Waals surface area (Å²) in [7, 11) is 1.76. The molecule has 1 aromatic heterocycles. The van der Waals surface area contributed by atoms with Gasteiger partial charge in [-0.2, -0.15) is 8.78 Å². The number of hydrogen-bond donors (Lipinski definition) is 0. The third-order valence-electron chi connectivity index (χ3n) is 4.51. The van der Waals surface area contributed by atoms with Crippen molar-refractivity contribution in [3.8, 4) is 11.5 Å². The Labute approximate surface area is 158 Å². The summed E-state index contributed by atoms with van der Waals surface area (Å²) in [6.45, 7) is 0.798. The van der Waals surface area contributed by atoms with Crippen molar-refractivity contribution in [2.24, 2.45) is 0 Å². The Morgan fingerprint density at radius 2 is 1.93 bits per heavy atom. The normalized spacial score (nSPS) is 13.6. The zero-order chi connectivity index (χ0) is 19.8. The Bertz CT molecular complexity index is 1020. The highest BCUT2D eigenvalue weighted by Gasteiger charge is 2.31. The monoisotopic (exact) mass is 388 g/mol. The fourth-order valence-corrected chi connectivity index (χ4v) is 3.07. The molecule has 0 atom stereocenters. The van der Waals surface area contributed by atoms with Crippen molar-refractivity contribution >= 4 is 5.91 Å². The molecule has 4 rings (SSSR count). The van der Waals surface area contributed by atoms with Gasteiger partial charge in [-0.1, -0.05) is 18.2 Å². The van der Waals surface area contributed by atoms with Crippen LogP contribution in [0.5, 0.6) is 0 Å². The van der Waals surface area contributed by atoms with Gasteiger partial charge in [-0.25, -0.2) is 9.40 Å². The second-order valence-electron chi connectivity index (χ2n) is 6.42. The molecule has 0 saturated carbocycles. The van der Waals surface area contributed by atoms with Crippen molar-refractivity contribution in [3.63, 3.8) is 0 Å². The maximum Gasteiger partial charge on any atom is 0.314 e. The largest absolute Gasteiger partial charge is 0.415 e. The van der Waals surface area contributed by atoms with E-state index in [0.29, 0.717) is 24.2 Å². The van der Waals surface area contributed by atoms with Gasteiger partial charge in [-0.15, -0.1) is 10.2 Å². The molecule has 2 aromatic carbocycles. The Balaban J connectivity index is 1.53. The molecule has 0 aliphatic carbocycles. The molecule has 0 radical (unpaired) electrons. The van der Waals surface area contributed by atoms with Gasteiger partial charge in [0.1, 0.15) is 5.82 Å². The fourth-order valence-electron chi connectivity index (χ4n) is 3.07. The van der Waals surface area contributed by atoms with Gasteiger partial charge < -0.3 is 4.42 Å². The van der Waals surface area contributed by atoms with E-state index in [1.54, 1.807) is 47.4 Å². The lowest BCUT2D eigenvalue weighted by molar-refractivity contribution is 0.00271. The molecule has 144 valence electrons. The van der Waals surface area contributed by atoms with Gasteiger partial charge in [0.2, 0.25) is 5.89 Å². The average molecular weight is 388 g/mol. The van der Waals surface area contributed by atoms with Crippen molar-refractivity contribution < 1.29 is 22.4 Å². The molecule has 0 bridgehead atoms. The number of fused-ring (bicyclic) bond motifs is 1. The molecule has 0 spiro atoms. The minimum absolute atomic E-state index is 0.0657. The first-order chi connectivity index (χ1) is 13.4. The van der Waals surface area contributed by atoms with Gasteiger partial charge in [0.15, 0.2) is 0 Å². The molecule has 6 nitrogen and oxygen atoms in total. The first-order valence-electron chi connectivity index (χ1n) is 8.44. The van der Waals surface area contributed by atoms with E-state index in [4.69, 9.17) is 4.42 Å². The molecule has 1 aliphatic heterocycles. The van der Waals surface area contributed by atoms with Gasteiger partial charge >= 0.3 is 6.43 Å². The van der Waals surface area contributed by atoms with Crippen molar-refractivity contribution in [1.29, 1.82) is 0 Å². The van der Waals surface area contributed by atoms with Gasteiger partial charge in [0.05, 0.1) is 6.54 Å². The first-order valence-corrected chi connectivity index (χ1v) is 8.44. The topological polar surface area (TPSA) is 62.5 Å². The van der Waals surface area contributed by atoms with Crippen molar-refractivity contribution in [3.05, 3.63) is 70.9 Å². The van der Waals surface area contributed by atoms with Crippen LogP contribution in [0.1, 0.15) is 33.8 Å². The maximum absolute atomic E-state index is 13.1. The van der Waals surface area contributed by atoms with E-state index in [2.05, 4.69) is 10.2 Å². The number of benzene rings is 2. The minimum atomic E-state index is -2.85. The van der Waals surface area contributed by atoms with Gasteiger partial charge in [0.25, 0.3) is 11.8 Å². The van der Waals surface area contributed by atoms with Crippen LogP contribution in [0.2, 0.25) is 0 Å². The SMILES string of the molecule is CN(Cc1ccc(F)cc1)N1Cc2ccc(-c3nnc(C(F)F)o3)cc2C1=O. The summed E-state index contributed by atoms with van der Waals surface area (Å²) in [4.78, 5) is 12.8. The minimum Gasteiger partial charge on any atom is -0.415 e. The van der Waals surface area contributed by atoms with Crippen LogP contribution in [0.3, 0.4) is 0 Å². The standard InChI is InChI=1S/C19H15F3N4O2/c1-25(9-11-2-6-14(20)7-3-11)26-10-13-5-4-12(8-15(13)19(26)27)17-23-24-18(28-17)16(21)22/h2-8,16H,9-10H2,1H3. The molecule has 1 aliphatic rings. The quantitative estimate of drug-likeness (QED) is 0.665. The van der Waals surface area contributed by atoms with Crippen LogP contribution in [-0.4, -0.2) is 33.2 Å². The lowest BCUT2D eigenvalue weighted by Gasteiger charge is -2.27. The lowest BCUT2D eigenvalue weighted by Crippen LogP contribution is -2.39. The van der Waals surface area contributed by atoms with Crippen molar-refractivity contribution in [1.82, 2.24) is 20.2 Å². The molecule has 0 fully saturated rings. The van der Waals surface area contributed by atoms with Crippen LogP contribution < -0.4 is 0 Å². The Hall–Kier alpha value is -3.20. The molecule has 2 heterocycles. The third kappa shape index (κ3) is 3.36. The zero-order valence-corrected chi connectivity index (χ0v) is 14.8. The fraction of sp³-hybridized carbons (Fsp3) is 0.211. The van der Waals surface area contributed by atoms with Gasteiger partial charge in [-0.05, 0) is 35.4 Å². The summed E-state index contributed by atoms with van der Waals surface area (Å²) < 4.78 is 43.3. The highest BCUT2D eigenvalue weighted by atomic mass is 19.3. The van der Waals surface area contributed by atoms with Gasteiger partial charge in [0, 0.05) is 24.7 Å². The summed E-state index contributed by atoms with van der Waals surface area (Å²) in [5, 5.41) is 10.2. The van der Waals surface area contributed by atoms with Crippen LogP contribution in [0.25, 0.3) is 11.5 Å². The molecular weight excluding hydrogens is 373 g/mol. The average Bonchev–Trinajstić information content (AvgIpc) is 3.29. The smallest absolute Gasteiger partial charge is 0.314 e. The van der Waals surface area contributed by atoms with E-state index in [9.17, 15) is 18.0 Å². The predicted octanol–water partition coefficient (Wildman–Crippen LogP) is 3.82. The Morgan fingerprint density at radius 1 is 1.18 bits per heavy atom. The lowest BCUT2D eigenvalue weighted by atomic mass is 10.1. The Kier molecular flexibility index (Phi) is 4.60. The first kappa shape index (κ1) is 18.2. The Morgan fingerprint density at radius 3 is 2.61 bits per heavy atom. The van der Waals surface area contributed by atoms with E-state index in [1.807, 2.05) is 0 Å². The number of nitrogens with zero attached hydrogens (tertiary/aromatic N) is 4. The molecule has 0 N–H and O–H groups in total. The summed E-state index contributed by atoms with van der Waals surface area (Å²) >= 11 is 0. The number of rotatable bonds is 5. The van der Waals surface area contributed by atoms with Gasteiger partial charge in [-0.3, -0.25) is 9.80 Å². The second-order valence-corrected chi connectivity index (χ2v) is 6.42. The summed E-state index contributed by atoms with van der Waals surface area (Å²) in [5.74, 6) is -1.37. The number of hydrazine groups is 1. The summed E-state index contributed by atoms with van der Waals surface area (Å²) in [6.07, 6.45) is -2.85. The van der Waals surface area contributed by atoms with E-state index >= 15 is 0 Å². The molecule has 1 amide bonds. The number of carbonyl (C=O) groups is 1. The van der Waals surface area contributed by atoms with Crippen LogP contribution in [0.4, 0.5) is 13.2 Å². The third-order valence-corrected chi connectivity index (χ3v) is 4.51. The molecule has 0 unspecified atom stereocenters.